The Kier molecular flexibility index (Phi) is 2.48. The maximum Gasteiger partial charge on any atom is 0.252 e. The molecule has 3 fully saturated rings. The van der Waals surface area contributed by atoms with Gasteiger partial charge in [-0.1, -0.05) is 28.1 Å². The largest absolute Gasteiger partial charge is 0.363 e. The van der Waals surface area contributed by atoms with Crippen molar-refractivity contribution in [3.05, 3.63) is 34.3 Å². The molecule has 3 nitrogen and oxygen atoms in total. The van der Waals surface area contributed by atoms with E-state index in [1.807, 2.05) is 29.2 Å². The van der Waals surface area contributed by atoms with Crippen LogP contribution in [0.3, 0.4) is 0 Å². The van der Waals surface area contributed by atoms with E-state index in [1.54, 1.807) is 0 Å². The van der Waals surface area contributed by atoms with Gasteiger partial charge in [0.25, 0.3) is 5.91 Å². The Balaban J connectivity index is 1.73. The quantitative estimate of drug-likeness (QED) is 0.829. The maximum atomic E-state index is 11.8. The van der Waals surface area contributed by atoms with E-state index in [2.05, 4.69) is 15.9 Å². The lowest BCUT2D eigenvalue weighted by Gasteiger charge is -2.46. The Labute approximate surface area is 103 Å². The highest BCUT2D eigenvalue weighted by Gasteiger charge is 2.44. The Hall–Kier alpha value is -0.870. The predicted molar refractivity (Wildman–Crippen MR) is 62.8 cm³/mol. The smallest absolute Gasteiger partial charge is 0.252 e. The molecule has 0 aromatic heterocycles. The molecule has 3 aliphatic rings. The maximum absolute atomic E-state index is 11.8. The van der Waals surface area contributed by atoms with E-state index in [1.165, 1.54) is 0 Å². The van der Waals surface area contributed by atoms with E-state index in [0.717, 1.165) is 23.0 Å². The number of ether oxygens (including phenoxy) is 1. The molecule has 2 bridgehead atoms. The van der Waals surface area contributed by atoms with E-state index in [0.29, 0.717) is 6.54 Å². The fourth-order valence-electron chi connectivity index (χ4n) is 2.27. The number of halogens is 1. The molecule has 1 aromatic carbocycles. The second kappa shape index (κ2) is 3.86. The molecule has 0 N–H and O–H groups in total. The molecule has 2 unspecified atom stereocenters. The van der Waals surface area contributed by atoms with E-state index in [-0.39, 0.29) is 18.1 Å². The van der Waals surface area contributed by atoms with Crippen molar-refractivity contribution >= 4 is 21.8 Å². The SMILES string of the molecule is O=C1C2CC(CN1Cc1cccc(Br)c1)O2. The van der Waals surface area contributed by atoms with Gasteiger partial charge in [0.1, 0.15) is 6.10 Å². The zero-order valence-electron chi connectivity index (χ0n) is 8.73. The van der Waals surface area contributed by atoms with Crippen molar-refractivity contribution in [3.8, 4) is 0 Å². The lowest BCUT2D eigenvalue weighted by atomic mass is 9.97. The Morgan fingerprint density at radius 2 is 2.31 bits per heavy atom. The summed E-state index contributed by atoms with van der Waals surface area (Å²) in [5.74, 6) is 0.141. The summed E-state index contributed by atoms with van der Waals surface area (Å²) in [6.07, 6.45) is 1.02. The van der Waals surface area contributed by atoms with Gasteiger partial charge in [-0.25, -0.2) is 0 Å². The summed E-state index contributed by atoms with van der Waals surface area (Å²) in [5.41, 5.74) is 1.16. The van der Waals surface area contributed by atoms with Crippen LogP contribution in [0.4, 0.5) is 0 Å². The zero-order valence-corrected chi connectivity index (χ0v) is 10.3. The third kappa shape index (κ3) is 1.76. The van der Waals surface area contributed by atoms with Gasteiger partial charge in [-0.2, -0.15) is 0 Å². The number of fused-ring (bicyclic) bond motifs is 2. The normalized spacial score (nSPS) is 27.8. The Morgan fingerprint density at radius 1 is 1.50 bits per heavy atom. The van der Waals surface area contributed by atoms with Gasteiger partial charge in [-0.15, -0.1) is 0 Å². The average Bonchev–Trinajstić information content (AvgIpc) is 2.19. The molecule has 3 heterocycles. The van der Waals surface area contributed by atoms with Gasteiger partial charge in [-0.3, -0.25) is 4.79 Å². The minimum Gasteiger partial charge on any atom is -0.363 e. The first-order chi connectivity index (χ1) is 7.72. The molecular formula is C12H12BrNO2. The van der Waals surface area contributed by atoms with Crippen LogP contribution in [-0.2, 0) is 16.1 Å². The highest BCUT2D eigenvalue weighted by molar-refractivity contribution is 9.10. The third-order valence-corrected chi connectivity index (χ3v) is 3.60. The summed E-state index contributed by atoms with van der Waals surface area (Å²) in [5, 5.41) is 0. The number of carbonyl (C=O) groups excluding carboxylic acids is 1. The summed E-state index contributed by atoms with van der Waals surface area (Å²) in [4.78, 5) is 13.7. The lowest BCUT2D eigenvalue weighted by Crippen LogP contribution is -2.60. The van der Waals surface area contributed by atoms with Crippen LogP contribution in [0.25, 0.3) is 0 Å². The predicted octanol–water partition coefficient (Wildman–Crippen LogP) is 1.95. The van der Waals surface area contributed by atoms with Crippen LogP contribution in [0, 0.1) is 0 Å². The average molecular weight is 282 g/mol. The van der Waals surface area contributed by atoms with Crippen LogP contribution in [0.1, 0.15) is 12.0 Å². The summed E-state index contributed by atoms with van der Waals surface area (Å²) in [6, 6.07) is 8.07. The van der Waals surface area contributed by atoms with Gasteiger partial charge in [0.05, 0.1) is 6.10 Å². The number of morpholine rings is 1. The number of amides is 1. The van der Waals surface area contributed by atoms with Crippen LogP contribution in [0.15, 0.2) is 28.7 Å². The van der Waals surface area contributed by atoms with Crippen LogP contribution in [0.5, 0.6) is 0 Å². The monoisotopic (exact) mass is 281 g/mol. The first kappa shape index (κ1) is 10.3. The number of carbonyl (C=O) groups is 1. The van der Waals surface area contributed by atoms with Gasteiger partial charge in [-0.05, 0) is 17.7 Å². The highest BCUT2D eigenvalue weighted by atomic mass is 79.9. The zero-order chi connectivity index (χ0) is 11.1. The van der Waals surface area contributed by atoms with Crippen molar-refractivity contribution < 1.29 is 9.53 Å². The Morgan fingerprint density at radius 3 is 3.00 bits per heavy atom. The van der Waals surface area contributed by atoms with Gasteiger partial charge < -0.3 is 9.64 Å². The molecule has 2 atom stereocenters. The fraction of sp³-hybridized carbons (Fsp3) is 0.417. The van der Waals surface area contributed by atoms with Crippen molar-refractivity contribution in [1.29, 1.82) is 0 Å². The number of benzene rings is 1. The summed E-state index contributed by atoms with van der Waals surface area (Å²) >= 11 is 3.43. The van der Waals surface area contributed by atoms with Crippen LogP contribution >= 0.6 is 15.9 Å². The molecule has 1 aromatic rings. The Bertz CT molecular complexity index is 429. The first-order valence-corrected chi connectivity index (χ1v) is 6.20. The lowest BCUT2D eigenvalue weighted by molar-refractivity contribution is -0.199. The topological polar surface area (TPSA) is 29.5 Å². The van der Waals surface area contributed by atoms with Crippen LogP contribution in [-0.4, -0.2) is 29.6 Å². The first-order valence-electron chi connectivity index (χ1n) is 5.41. The number of nitrogens with zero attached hydrogens (tertiary/aromatic N) is 1. The van der Waals surface area contributed by atoms with Crippen molar-refractivity contribution in [1.82, 2.24) is 4.90 Å². The van der Waals surface area contributed by atoms with E-state index in [9.17, 15) is 4.79 Å². The number of rotatable bonds is 2. The molecule has 3 saturated heterocycles. The van der Waals surface area contributed by atoms with Crippen LogP contribution in [0.2, 0.25) is 0 Å². The second-order valence-corrected chi connectivity index (χ2v) is 5.25. The molecule has 0 radical (unpaired) electrons. The van der Waals surface area contributed by atoms with Gasteiger partial charge >= 0.3 is 0 Å². The molecule has 0 saturated carbocycles. The van der Waals surface area contributed by atoms with Gasteiger partial charge in [0.15, 0.2) is 0 Å². The minimum absolute atomic E-state index is 0.141. The number of hydrogen-bond donors (Lipinski definition) is 0. The molecule has 84 valence electrons. The standard InChI is InChI=1S/C12H12BrNO2/c13-9-3-1-2-8(4-9)6-14-7-10-5-11(16-10)12(14)15/h1-4,10-11H,5-7H2. The summed E-state index contributed by atoms with van der Waals surface area (Å²) < 4.78 is 6.43. The number of hydrogen-bond acceptors (Lipinski definition) is 2. The molecule has 4 rings (SSSR count). The van der Waals surface area contributed by atoms with E-state index >= 15 is 0 Å². The van der Waals surface area contributed by atoms with Crippen molar-refractivity contribution in [2.75, 3.05) is 6.54 Å². The van der Waals surface area contributed by atoms with Gasteiger partial charge in [0.2, 0.25) is 0 Å². The second-order valence-electron chi connectivity index (χ2n) is 4.33. The fourth-order valence-corrected chi connectivity index (χ4v) is 2.72. The van der Waals surface area contributed by atoms with Gasteiger partial charge in [0, 0.05) is 24.0 Å². The molecule has 16 heavy (non-hydrogen) atoms. The summed E-state index contributed by atoms with van der Waals surface area (Å²) in [6.45, 7) is 1.43. The molecule has 0 spiro atoms. The van der Waals surface area contributed by atoms with Crippen molar-refractivity contribution in [2.24, 2.45) is 0 Å². The molecule has 4 heteroatoms. The van der Waals surface area contributed by atoms with Crippen molar-refractivity contribution in [3.63, 3.8) is 0 Å². The molecule has 3 aliphatic heterocycles. The summed E-state index contributed by atoms with van der Waals surface area (Å²) in [7, 11) is 0. The molecule has 1 amide bonds. The third-order valence-electron chi connectivity index (χ3n) is 3.11. The molecular weight excluding hydrogens is 270 g/mol. The number of piperidine rings is 1. The minimum atomic E-state index is -0.161. The van der Waals surface area contributed by atoms with Crippen molar-refractivity contribution in [2.45, 2.75) is 25.2 Å². The highest BCUT2D eigenvalue weighted by Crippen LogP contribution is 2.30. The van der Waals surface area contributed by atoms with E-state index in [4.69, 9.17) is 4.74 Å². The van der Waals surface area contributed by atoms with Crippen LogP contribution < -0.4 is 0 Å². The van der Waals surface area contributed by atoms with E-state index < -0.39 is 0 Å². The molecule has 0 aliphatic carbocycles.